The molecule has 1 aromatic carbocycles. The van der Waals surface area contributed by atoms with Gasteiger partial charge in [0.25, 0.3) is 0 Å². The molecule has 0 saturated carbocycles. The Labute approximate surface area is 97.9 Å². The first-order chi connectivity index (χ1) is 8.02. The molecule has 2 rings (SSSR count). The fourth-order valence-electron chi connectivity index (χ4n) is 2.38. The summed E-state index contributed by atoms with van der Waals surface area (Å²) in [5.74, 6) is -2.51. The molecule has 1 aromatic rings. The van der Waals surface area contributed by atoms with Crippen molar-refractivity contribution in [3.63, 3.8) is 0 Å². The third-order valence-corrected chi connectivity index (χ3v) is 3.09. The van der Waals surface area contributed by atoms with E-state index in [1.165, 1.54) is 6.07 Å². The van der Waals surface area contributed by atoms with Crippen molar-refractivity contribution < 1.29 is 19.8 Å². The number of aromatic carboxylic acids is 1. The maximum absolute atomic E-state index is 11.4. The number of primary amides is 1. The van der Waals surface area contributed by atoms with E-state index in [0.717, 1.165) is 24.8 Å². The summed E-state index contributed by atoms with van der Waals surface area (Å²) in [6, 6.07) is 1.43. The van der Waals surface area contributed by atoms with Crippen LogP contribution in [0.5, 0.6) is 5.75 Å². The van der Waals surface area contributed by atoms with Crippen molar-refractivity contribution in [2.45, 2.75) is 25.7 Å². The van der Waals surface area contributed by atoms with Gasteiger partial charge in [0.2, 0.25) is 5.91 Å². The number of aromatic hydroxyl groups is 1. The first-order valence-electron chi connectivity index (χ1n) is 5.43. The number of amides is 1. The minimum Gasteiger partial charge on any atom is -0.507 e. The summed E-state index contributed by atoms with van der Waals surface area (Å²) in [4.78, 5) is 22.5. The molecule has 1 amide bonds. The second kappa shape index (κ2) is 4.08. The van der Waals surface area contributed by atoms with Crippen LogP contribution in [0, 0.1) is 0 Å². The maximum atomic E-state index is 11.4. The van der Waals surface area contributed by atoms with Gasteiger partial charge in [0.15, 0.2) is 0 Å². The Morgan fingerprint density at radius 1 is 1.18 bits per heavy atom. The van der Waals surface area contributed by atoms with E-state index in [-0.39, 0.29) is 16.9 Å². The highest BCUT2D eigenvalue weighted by atomic mass is 16.4. The fraction of sp³-hybridized carbons (Fsp3) is 0.333. The van der Waals surface area contributed by atoms with Gasteiger partial charge < -0.3 is 15.9 Å². The van der Waals surface area contributed by atoms with E-state index >= 15 is 0 Å². The van der Waals surface area contributed by atoms with Crippen LogP contribution in [-0.2, 0) is 12.8 Å². The molecule has 5 nitrogen and oxygen atoms in total. The lowest BCUT2D eigenvalue weighted by Crippen LogP contribution is -2.21. The molecule has 17 heavy (non-hydrogen) atoms. The number of carbonyl (C=O) groups is 2. The molecule has 0 heterocycles. The molecular weight excluding hydrogens is 222 g/mol. The van der Waals surface area contributed by atoms with Gasteiger partial charge >= 0.3 is 5.97 Å². The highest BCUT2D eigenvalue weighted by molar-refractivity contribution is 6.07. The molecule has 0 spiro atoms. The van der Waals surface area contributed by atoms with Crippen LogP contribution in [0.2, 0.25) is 0 Å². The molecule has 90 valence electrons. The molecule has 1 aliphatic carbocycles. The van der Waals surface area contributed by atoms with Crippen LogP contribution in [0.4, 0.5) is 0 Å². The van der Waals surface area contributed by atoms with E-state index in [2.05, 4.69) is 0 Å². The van der Waals surface area contributed by atoms with Gasteiger partial charge in [0.05, 0.1) is 5.56 Å². The lowest BCUT2D eigenvalue weighted by atomic mass is 9.85. The summed E-state index contributed by atoms with van der Waals surface area (Å²) in [6.07, 6.45) is 3.24. The first-order valence-corrected chi connectivity index (χ1v) is 5.43. The number of hydrogen-bond donors (Lipinski definition) is 3. The number of benzene rings is 1. The summed E-state index contributed by atoms with van der Waals surface area (Å²) in [5.41, 5.74) is 6.33. The molecule has 0 bridgehead atoms. The molecule has 0 unspecified atom stereocenters. The van der Waals surface area contributed by atoms with E-state index in [0.29, 0.717) is 12.0 Å². The Morgan fingerprint density at radius 2 is 1.82 bits per heavy atom. The molecule has 4 N–H and O–H groups in total. The second-order valence-corrected chi connectivity index (χ2v) is 4.16. The summed E-state index contributed by atoms with van der Waals surface area (Å²) >= 11 is 0. The van der Waals surface area contributed by atoms with Crippen molar-refractivity contribution in [1.29, 1.82) is 0 Å². The van der Waals surface area contributed by atoms with Crippen molar-refractivity contribution in [3.8, 4) is 5.75 Å². The number of nitrogens with two attached hydrogens (primary N) is 1. The average Bonchev–Trinajstić information content (AvgIpc) is 2.26. The van der Waals surface area contributed by atoms with Crippen LogP contribution in [0.3, 0.4) is 0 Å². The number of fused-ring (bicyclic) bond motifs is 1. The summed E-state index contributed by atoms with van der Waals surface area (Å²) in [5, 5.41) is 18.7. The topological polar surface area (TPSA) is 101 Å². The van der Waals surface area contributed by atoms with Gasteiger partial charge in [-0.15, -0.1) is 0 Å². The minimum absolute atomic E-state index is 0.0350. The highest BCUT2D eigenvalue weighted by Crippen LogP contribution is 2.32. The van der Waals surface area contributed by atoms with Crippen LogP contribution in [-0.4, -0.2) is 22.1 Å². The van der Waals surface area contributed by atoms with E-state index < -0.39 is 11.9 Å². The zero-order chi connectivity index (χ0) is 12.6. The molecule has 0 fully saturated rings. The Balaban J connectivity index is 2.76. The second-order valence-electron chi connectivity index (χ2n) is 4.16. The highest BCUT2D eigenvalue weighted by Gasteiger charge is 2.26. The number of rotatable bonds is 2. The van der Waals surface area contributed by atoms with Crippen LogP contribution < -0.4 is 5.73 Å². The van der Waals surface area contributed by atoms with Crippen molar-refractivity contribution >= 4 is 11.9 Å². The molecule has 0 radical (unpaired) electrons. The SMILES string of the molecule is NC(=O)c1c2c(cc(O)c1C(=O)O)CCCC2. The largest absolute Gasteiger partial charge is 0.507 e. The van der Waals surface area contributed by atoms with Gasteiger partial charge in [-0.3, -0.25) is 4.79 Å². The van der Waals surface area contributed by atoms with Crippen LogP contribution in [0.1, 0.15) is 44.7 Å². The van der Waals surface area contributed by atoms with Gasteiger partial charge in [0.1, 0.15) is 11.3 Å². The van der Waals surface area contributed by atoms with Crippen molar-refractivity contribution in [1.82, 2.24) is 0 Å². The van der Waals surface area contributed by atoms with Crippen molar-refractivity contribution in [2.75, 3.05) is 0 Å². The molecule has 5 heteroatoms. The maximum Gasteiger partial charge on any atom is 0.340 e. The monoisotopic (exact) mass is 235 g/mol. The van der Waals surface area contributed by atoms with Crippen molar-refractivity contribution in [3.05, 3.63) is 28.3 Å². The van der Waals surface area contributed by atoms with E-state index in [4.69, 9.17) is 10.8 Å². The molecular formula is C12H13NO4. The lowest BCUT2D eigenvalue weighted by Gasteiger charge is -2.20. The molecule has 0 atom stereocenters. The van der Waals surface area contributed by atoms with Crippen LogP contribution >= 0.6 is 0 Å². The van der Waals surface area contributed by atoms with Crippen molar-refractivity contribution in [2.24, 2.45) is 5.73 Å². The van der Waals surface area contributed by atoms with E-state index in [1.807, 2.05) is 0 Å². The minimum atomic E-state index is -1.33. The number of phenols is 1. The Morgan fingerprint density at radius 3 is 2.41 bits per heavy atom. The van der Waals surface area contributed by atoms with Gasteiger partial charge in [-0.05, 0) is 42.9 Å². The smallest absolute Gasteiger partial charge is 0.340 e. The molecule has 0 aliphatic heterocycles. The molecule has 1 aliphatic rings. The summed E-state index contributed by atoms with van der Waals surface area (Å²) in [7, 11) is 0. The van der Waals surface area contributed by atoms with E-state index in [9.17, 15) is 14.7 Å². The Bertz CT molecular complexity index is 508. The van der Waals surface area contributed by atoms with Gasteiger partial charge in [-0.25, -0.2) is 4.79 Å². The number of carboxylic acid groups (broad SMARTS) is 1. The molecule has 0 saturated heterocycles. The third-order valence-electron chi connectivity index (χ3n) is 3.09. The zero-order valence-electron chi connectivity index (χ0n) is 9.19. The Hall–Kier alpha value is -2.04. The normalized spacial score (nSPS) is 14.1. The fourth-order valence-corrected chi connectivity index (χ4v) is 2.38. The number of carbonyl (C=O) groups excluding carboxylic acids is 1. The van der Waals surface area contributed by atoms with Crippen LogP contribution in [0.15, 0.2) is 6.07 Å². The number of carboxylic acids is 1. The first kappa shape index (κ1) is 11.4. The van der Waals surface area contributed by atoms with Gasteiger partial charge in [-0.2, -0.15) is 0 Å². The number of hydrogen-bond acceptors (Lipinski definition) is 3. The standard InChI is InChI=1S/C12H13NO4/c13-11(15)9-7-4-2-1-3-6(7)5-8(14)10(9)12(16)17/h5,14H,1-4H2,(H2,13,15)(H,16,17). The van der Waals surface area contributed by atoms with Gasteiger partial charge in [-0.1, -0.05) is 0 Å². The summed E-state index contributed by atoms with van der Waals surface area (Å²) < 4.78 is 0. The number of aryl methyl sites for hydroxylation is 1. The molecule has 0 aromatic heterocycles. The van der Waals surface area contributed by atoms with E-state index in [1.54, 1.807) is 0 Å². The summed E-state index contributed by atoms with van der Waals surface area (Å²) in [6.45, 7) is 0. The quantitative estimate of drug-likeness (QED) is 0.713. The predicted molar refractivity (Wildman–Crippen MR) is 60.2 cm³/mol. The zero-order valence-corrected chi connectivity index (χ0v) is 9.19. The third kappa shape index (κ3) is 1.84. The average molecular weight is 235 g/mol. The van der Waals surface area contributed by atoms with Gasteiger partial charge in [0, 0.05) is 0 Å². The van der Waals surface area contributed by atoms with Crippen LogP contribution in [0.25, 0.3) is 0 Å². The predicted octanol–water partition coefficient (Wildman–Crippen LogP) is 1.07. The Kier molecular flexibility index (Phi) is 2.75. The lowest BCUT2D eigenvalue weighted by molar-refractivity contribution is 0.0688.